The van der Waals surface area contributed by atoms with Crippen molar-refractivity contribution in [2.24, 2.45) is 0 Å². The standard InChI is InChI=1S/C45H31N5/c1-2-12-32(13-3-1)43-46-44(48-45(47-43)50-41-20-10-6-16-37(41)38-17-7-11-21-42(38)50)33-24-22-30(23-25-33)31-26-28-34(29-27-31)49-39-18-8-4-14-35(39)36-15-5-9-19-40(36)49/h1-10,12-20,22-29H,11,21H2. The maximum Gasteiger partial charge on any atom is 0.238 e. The Bertz CT molecular complexity index is 2680. The molecule has 0 saturated carbocycles. The lowest BCUT2D eigenvalue weighted by Crippen LogP contribution is -2.10. The smallest absolute Gasteiger partial charge is 0.238 e. The molecule has 0 N–H and O–H groups in total. The Morgan fingerprint density at radius 1 is 0.420 bits per heavy atom. The predicted molar refractivity (Wildman–Crippen MR) is 205 cm³/mol. The Morgan fingerprint density at radius 2 is 0.920 bits per heavy atom. The van der Waals surface area contributed by atoms with Crippen molar-refractivity contribution < 1.29 is 0 Å². The fourth-order valence-electron chi connectivity index (χ4n) is 7.53. The van der Waals surface area contributed by atoms with Crippen molar-refractivity contribution >= 4 is 38.8 Å². The molecule has 0 saturated heterocycles. The zero-order valence-electron chi connectivity index (χ0n) is 27.2. The summed E-state index contributed by atoms with van der Waals surface area (Å²) in [7, 11) is 0. The topological polar surface area (TPSA) is 48.5 Å². The molecule has 1 aliphatic rings. The number of rotatable bonds is 5. The average Bonchev–Trinajstić information content (AvgIpc) is 3.71. The fraction of sp³-hybridized carbons (Fsp3) is 0.0444. The van der Waals surface area contributed by atoms with Crippen molar-refractivity contribution in [3.63, 3.8) is 0 Å². The molecule has 1 aliphatic carbocycles. The first kappa shape index (κ1) is 28.4. The van der Waals surface area contributed by atoms with Crippen LogP contribution in [0, 0.1) is 0 Å². The minimum absolute atomic E-state index is 0.645. The molecule has 50 heavy (non-hydrogen) atoms. The number of fused-ring (bicyclic) bond motifs is 6. The second-order valence-electron chi connectivity index (χ2n) is 12.8. The third kappa shape index (κ3) is 4.59. The van der Waals surface area contributed by atoms with E-state index in [4.69, 9.17) is 15.0 Å². The molecule has 236 valence electrons. The molecule has 0 fully saturated rings. The largest absolute Gasteiger partial charge is 0.309 e. The number of hydrogen-bond acceptors (Lipinski definition) is 3. The van der Waals surface area contributed by atoms with Gasteiger partial charge in [-0.2, -0.15) is 9.97 Å². The summed E-state index contributed by atoms with van der Waals surface area (Å²) in [5.41, 5.74) is 11.4. The van der Waals surface area contributed by atoms with Gasteiger partial charge in [0.25, 0.3) is 0 Å². The molecule has 0 amide bonds. The Morgan fingerprint density at radius 3 is 1.56 bits per heavy atom. The van der Waals surface area contributed by atoms with E-state index in [1.807, 2.05) is 18.2 Å². The normalized spacial score (nSPS) is 12.6. The van der Waals surface area contributed by atoms with E-state index in [0.29, 0.717) is 17.6 Å². The minimum Gasteiger partial charge on any atom is -0.309 e. The van der Waals surface area contributed by atoms with Crippen LogP contribution in [0.4, 0.5) is 0 Å². The van der Waals surface area contributed by atoms with Gasteiger partial charge in [-0.25, -0.2) is 4.98 Å². The van der Waals surface area contributed by atoms with Crippen LogP contribution in [0.3, 0.4) is 0 Å². The highest BCUT2D eigenvalue weighted by Crippen LogP contribution is 2.35. The zero-order valence-corrected chi connectivity index (χ0v) is 27.2. The molecule has 0 bridgehead atoms. The summed E-state index contributed by atoms with van der Waals surface area (Å²) in [6.07, 6.45) is 6.43. The molecule has 0 spiro atoms. The highest BCUT2D eigenvalue weighted by atomic mass is 15.2. The number of hydrogen-bond donors (Lipinski definition) is 0. The Labute approximate surface area is 289 Å². The van der Waals surface area contributed by atoms with Crippen LogP contribution in [0.25, 0.3) is 84.3 Å². The molecule has 3 aromatic heterocycles. The molecule has 10 rings (SSSR count). The van der Waals surface area contributed by atoms with Gasteiger partial charge in [0.2, 0.25) is 5.95 Å². The SMILES string of the molecule is C1=Cc2c(n(-c3nc(-c4ccccc4)nc(-c4ccc(-c5ccc(-n6c7ccccc7c7ccccc76)cc5)cc4)n3)c3ccccc23)CC1. The van der Waals surface area contributed by atoms with E-state index in [1.165, 1.54) is 38.4 Å². The van der Waals surface area contributed by atoms with Crippen LogP contribution < -0.4 is 0 Å². The Hall–Kier alpha value is -6.59. The summed E-state index contributed by atoms with van der Waals surface area (Å²) < 4.78 is 4.58. The lowest BCUT2D eigenvalue weighted by Gasteiger charge is -2.14. The van der Waals surface area contributed by atoms with E-state index in [2.05, 4.69) is 155 Å². The van der Waals surface area contributed by atoms with Crippen molar-refractivity contribution in [2.75, 3.05) is 0 Å². The minimum atomic E-state index is 0.645. The van der Waals surface area contributed by atoms with Gasteiger partial charge in [-0.1, -0.05) is 133 Å². The van der Waals surface area contributed by atoms with Gasteiger partial charge in [-0.3, -0.25) is 4.57 Å². The second-order valence-corrected chi connectivity index (χ2v) is 12.8. The van der Waals surface area contributed by atoms with Gasteiger partial charge in [0, 0.05) is 44.2 Å². The number of para-hydroxylation sites is 3. The van der Waals surface area contributed by atoms with Crippen LogP contribution >= 0.6 is 0 Å². The molecule has 0 radical (unpaired) electrons. The van der Waals surface area contributed by atoms with Crippen LogP contribution in [0.2, 0.25) is 0 Å². The third-order valence-electron chi connectivity index (χ3n) is 9.89. The van der Waals surface area contributed by atoms with Crippen molar-refractivity contribution in [2.45, 2.75) is 12.8 Å². The van der Waals surface area contributed by atoms with Gasteiger partial charge in [0.1, 0.15) is 0 Å². The van der Waals surface area contributed by atoms with E-state index < -0.39 is 0 Å². The molecule has 0 unspecified atom stereocenters. The molecule has 0 aliphatic heterocycles. The van der Waals surface area contributed by atoms with E-state index in [1.54, 1.807) is 0 Å². The van der Waals surface area contributed by atoms with E-state index in [0.717, 1.165) is 46.3 Å². The average molecular weight is 642 g/mol. The highest BCUT2D eigenvalue weighted by molar-refractivity contribution is 6.09. The van der Waals surface area contributed by atoms with Gasteiger partial charge in [-0.15, -0.1) is 0 Å². The summed E-state index contributed by atoms with van der Waals surface area (Å²) in [4.78, 5) is 15.2. The zero-order chi connectivity index (χ0) is 33.0. The van der Waals surface area contributed by atoms with Crippen molar-refractivity contribution in [3.05, 3.63) is 169 Å². The predicted octanol–water partition coefficient (Wildman–Crippen LogP) is 10.9. The van der Waals surface area contributed by atoms with Crippen molar-refractivity contribution in [1.82, 2.24) is 24.1 Å². The van der Waals surface area contributed by atoms with Gasteiger partial charge in [0.05, 0.1) is 16.6 Å². The van der Waals surface area contributed by atoms with E-state index in [-0.39, 0.29) is 0 Å². The summed E-state index contributed by atoms with van der Waals surface area (Å²) in [6, 6.07) is 53.4. The van der Waals surface area contributed by atoms with E-state index in [9.17, 15) is 0 Å². The van der Waals surface area contributed by atoms with Crippen LogP contribution in [-0.4, -0.2) is 24.1 Å². The summed E-state index contributed by atoms with van der Waals surface area (Å²) >= 11 is 0. The number of allylic oxidation sites excluding steroid dienone is 1. The maximum atomic E-state index is 5.14. The van der Waals surface area contributed by atoms with Crippen LogP contribution in [0.5, 0.6) is 0 Å². The van der Waals surface area contributed by atoms with E-state index >= 15 is 0 Å². The number of aromatic nitrogens is 5. The van der Waals surface area contributed by atoms with Gasteiger partial charge in [0.15, 0.2) is 11.6 Å². The first-order valence-electron chi connectivity index (χ1n) is 17.1. The Kier molecular flexibility index (Phi) is 6.56. The molecule has 5 nitrogen and oxygen atoms in total. The lowest BCUT2D eigenvalue weighted by molar-refractivity contribution is 0.838. The van der Waals surface area contributed by atoms with Gasteiger partial charge >= 0.3 is 0 Å². The van der Waals surface area contributed by atoms with Crippen molar-refractivity contribution in [3.8, 4) is 45.5 Å². The lowest BCUT2D eigenvalue weighted by atomic mass is 10.0. The quantitative estimate of drug-likeness (QED) is 0.188. The summed E-state index contributed by atoms with van der Waals surface area (Å²) in [6.45, 7) is 0. The number of benzene rings is 6. The van der Waals surface area contributed by atoms with Crippen LogP contribution in [0.1, 0.15) is 17.7 Å². The molecular weight excluding hydrogens is 611 g/mol. The van der Waals surface area contributed by atoms with Crippen molar-refractivity contribution in [1.29, 1.82) is 0 Å². The highest BCUT2D eigenvalue weighted by Gasteiger charge is 2.22. The first-order valence-corrected chi connectivity index (χ1v) is 17.1. The second kappa shape index (κ2) is 11.5. The molecule has 5 heteroatoms. The molecular formula is C45H31N5. The molecule has 6 aromatic carbocycles. The van der Waals surface area contributed by atoms with Crippen LogP contribution in [-0.2, 0) is 6.42 Å². The molecule has 9 aromatic rings. The number of nitrogens with zero attached hydrogens (tertiary/aromatic N) is 5. The van der Waals surface area contributed by atoms with Crippen LogP contribution in [0.15, 0.2) is 158 Å². The Balaban J connectivity index is 1.05. The summed E-state index contributed by atoms with van der Waals surface area (Å²) in [5, 5.41) is 3.75. The van der Waals surface area contributed by atoms with Gasteiger partial charge < -0.3 is 4.57 Å². The third-order valence-corrected chi connectivity index (χ3v) is 9.89. The summed E-state index contributed by atoms with van der Waals surface area (Å²) in [5.74, 6) is 1.96. The molecule has 3 heterocycles. The fourth-order valence-corrected chi connectivity index (χ4v) is 7.53. The molecule has 0 atom stereocenters. The first-order chi connectivity index (χ1) is 24.8. The van der Waals surface area contributed by atoms with Gasteiger partial charge in [-0.05, 0) is 54.3 Å². The monoisotopic (exact) mass is 641 g/mol. The maximum absolute atomic E-state index is 5.14.